The molecule has 0 radical (unpaired) electrons. The van der Waals surface area contributed by atoms with Crippen LogP contribution in [0.4, 0.5) is 0 Å². The molecule has 2 atom stereocenters. The molecule has 0 aliphatic heterocycles. The lowest BCUT2D eigenvalue weighted by atomic mass is 10.2. The standard InChI is InChI=1S/C8H18OS/c1-4-6-7-8(5-2)10(3)9/h8H,4-7H2,1-3H3. The Hall–Kier alpha value is 0.150. The Morgan fingerprint density at radius 1 is 1.40 bits per heavy atom. The summed E-state index contributed by atoms with van der Waals surface area (Å²) in [7, 11) is -0.605. The van der Waals surface area contributed by atoms with E-state index in [0.717, 1.165) is 12.8 Å². The second kappa shape index (κ2) is 5.90. The lowest BCUT2D eigenvalue weighted by Gasteiger charge is -2.09. The highest BCUT2D eigenvalue weighted by Gasteiger charge is 2.08. The predicted octanol–water partition coefficient (Wildman–Crippen LogP) is 2.33. The molecule has 2 unspecified atom stereocenters. The summed E-state index contributed by atoms with van der Waals surface area (Å²) in [6.07, 6.45) is 6.44. The van der Waals surface area contributed by atoms with Crippen LogP contribution < -0.4 is 0 Å². The van der Waals surface area contributed by atoms with Crippen LogP contribution in [-0.2, 0) is 10.8 Å². The third-order valence-corrected chi connectivity index (χ3v) is 3.31. The van der Waals surface area contributed by atoms with Crippen LogP contribution in [0.15, 0.2) is 0 Å². The van der Waals surface area contributed by atoms with Gasteiger partial charge in [-0.25, -0.2) is 0 Å². The van der Waals surface area contributed by atoms with Crippen molar-refractivity contribution >= 4 is 10.8 Å². The molecule has 0 saturated heterocycles. The maximum absolute atomic E-state index is 11.0. The smallest absolute Gasteiger partial charge is 0.0342 e. The second-order valence-electron chi connectivity index (χ2n) is 2.67. The van der Waals surface area contributed by atoms with E-state index in [-0.39, 0.29) is 0 Å². The Labute approximate surface area is 66.7 Å². The minimum atomic E-state index is -0.605. The van der Waals surface area contributed by atoms with Crippen molar-refractivity contribution in [3.8, 4) is 0 Å². The normalized spacial score (nSPS) is 16.7. The van der Waals surface area contributed by atoms with E-state index < -0.39 is 10.8 Å². The van der Waals surface area contributed by atoms with Gasteiger partial charge in [-0.1, -0.05) is 26.7 Å². The van der Waals surface area contributed by atoms with E-state index in [1.165, 1.54) is 12.8 Å². The van der Waals surface area contributed by atoms with Gasteiger partial charge >= 0.3 is 0 Å². The number of hydrogen-bond acceptors (Lipinski definition) is 1. The quantitative estimate of drug-likeness (QED) is 0.606. The maximum Gasteiger partial charge on any atom is 0.0342 e. The fourth-order valence-electron chi connectivity index (χ4n) is 1.04. The van der Waals surface area contributed by atoms with Crippen LogP contribution in [0.2, 0.25) is 0 Å². The van der Waals surface area contributed by atoms with Gasteiger partial charge in [0.1, 0.15) is 0 Å². The highest BCUT2D eigenvalue weighted by molar-refractivity contribution is 7.84. The van der Waals surface area contributed by atoms with E-state index in [0.29, 0.717) is 5.25 Å². The van der Waals surface area contributed by atoms with Crippen molar-refractivity contribution in [3.05, 3.63) is 0 Å². The Bertz CT molecular complexity index is 101. The second-order valence-corrected chi connectivity index (χ2v) is 4.33. The van der Waals surface area contributed by atoms with Crippen LogP contribution in [-0.4, -0.2) is 15.7 Å². The largest absolute Gasteiger partial charge is 0.260 e. The summed E-state index contributed by atoms with van der Waals surface area (Å²) in [5.41, 5.74) is 0. The van der Waals surface area contributed by atoms with Gasteiger partial charge in [0.2, 0.25) is 0 Å². The fraction of sp³-hybridized carbons (Fsp3) is 1.00. The summed E-state index contributed by atoms with van der Waals surface area (Å²) in [6, 6.07) is 0. The van der Waals surface area contributed by atoms with Gasteiger partial charge in [-0.3, -0.25) is 4.21 Å². The van der Waals surface area contributed by atoms with Gasteiger partial charge in [-0.2, -0.15) is 0 Å². The van der Waals surface area contributed by atoms with Crippen molar-refractivity contribution in [2.24, 2.45) is 0 Å². The summed E-state index contributed by atoms with van der Waals surface area (Å²) in [5, 5.41) is 0.444. The molecule has 0 amide bonds. The van der Waals surface area contributed by atoms with Crippen LogP contribution in [0.3, 0.4) is 0 Å². The third-order valence-electron chi connectivity index (χ3n) is 1.80. The Morgan fingerprint density at radius 2 is 2.00 bits per heavy atom. The minimum Gasteiger partial charge on any atom is -0.260 e. The zero-order valence-corrected chi connectivity index (χ0v) is 8.04. The molecule has 0 spiro atoms. The zero-order chi connectivity index (χ0) is 7.98. The maximum atomic E-state index is 11.0. The van der Waals surface area contributed by atoms with Crippen molar-refractivity contribution in [2.45, 2.75) is 44.8 Å². The van der Waals surface area contributed by atoms with Crippen LogP contribution in [0.1, 0.15) is 39.5 Å². The molecule has 10 heavy (non-hydrogen) atoms. The lowest BCUT2D eigenvalue weighted by molar-refractivity contribution is 0.629. The summed E-state index contributed by atoms with van der Waals surface area (Å²) in [5.74, 6) is 0. The molecule has 0 aromatic heterocycles. The van der Waals surface area contributed by atoms with Crippen LogP contribution in [0, 0.1) is 0 Å². The minimum absolute atomic E-state index is 0.444. The van der Waals surface area contributed by atoms with Gasteiger partial charge in [0.05, 0.1) is 0 Å². The van der Waals surface area contributed by atoms with Gasteiger partial charge in [-0.05, 0) is 12.8 Å². The molecule has 0 aliphatic carbocycles. The molecule has 2 heteroatoms. The highest BCUT2D eigenvalue weighted by Crippen LogP contribution is 2.09. The first kappa shape index (κ1) is 10.2. The first-order valence-corrected chi connectivity index (χ1v) is 5.66. The van der Waals surface area contributed by atoms with E-state index >= 15 is 0 Å². The van der Waals surface area contributed by atoms with Crippen molar-refractivity contribution in [1.29, 1.82) is 0 Å². The van der Waals surface area contributed by atoms with Gasteiger partial charge in [0, 0.05) is 22.3 Å². The molecular formula is C8H18OS. The fourth-order valence-corrected chi connectivity index (χ4v) is 2.00. The Morgan fingerprint density at radius 3 is 2.30 bits per heavy atom. The van der Waals surface area contributed by atoms with Crippen LogP contribution in [0.5, 0.6) is 0 Å². The summed E-state index contributed by atoms with van der Waals surface area (Å²) >= 11 is 0. The average molecular weight is 162 g/mol. The molecule has 0 aromatic carbocycles. The Balaban J connectivity index is 3.50. The van der Waals surface area contributed by atoms with E-state index in [2.05, 4.69) is 13.8 Å². The van der Waals surface area contributed by atoms with Gasteiger partial charge in [0.25, 0.3) is 0 Å². The van der Waals surface area contributed by atoms with Crippen molar-refractivity contribution in [1.82, 2.24) is 0 Å². The molecule has 0 N–H and O–H groups in total. The lowest BCUT2D eigenvalue weighted by Crippen LogP contribution is -2.11. The molecule has 0 bridgehead atoms. The van der Waals surface area contributed by atoms with E-state index in [1.807, 2.05) is 6.26 Å². The van der Waals surface area contributed by atoms with Crippen molar-refractivity contribution in [2.75, 3.05) is 6.26 Å². The third kappa shape index (κ3) is 4.04. The molecule has 0 aliphatic rings. The van der Waals surface area contributed by atoms with Gasteiger partial charge < -0.3 is 0 Å². The molecule has 0 saturated carbocycles. The van der Waals surface area contributed by atoms with E-state index in [9.17, 15) is 4.21 Å². The summed E-state index contributed by atoms with van der Waals surface area (Å²) < 4.78 is 11.0. The topological polar surface area (TPSA) is 17.1 Å². The van der Waals surface area contributed by atoms with E-state index in [4.69, 9.17) is 0 Å². The average Bonchev–Trinajstić information content (AvgIpc) is 1.89. The molecular weight excluding hydrogens is 144 g/mol. The zero-order valence-electron chi connectivity index (χ0n) is 7.22. The highest BCUT2D eigenvalue weighted by atomic mass is 32.2. The van der Waals surface area contributed by atoms with Crippen molar-refractivity contribution < 1.29 is 4.21 Å². The van der Waals surface area contributed by atoms with Gasteiger partial charge in [-0.15, -0.1) is 0 Å². The molecule has 1 nitrogen and oxygen atoms in total. The molecule has 0 aromatic rings. The number of rotatable bonds is 5. The first-order chi connectivity index (χ1) is 4.72. The summed E-state index contributed by atoms with van der Waals surface area (Å²) in [6.45, 7) is 4.28. The SMILES string of the molecule is CCCCC(CC)S(C)=O. The van der Waals surface area contributed by atoms with Crippen LogP contribution in [0.25, 0.3) is 0 Å². The first-order valence-electron chi connectivity index (χ1n) is 4.04. The number of hydrogen-bond donors (Lipinski definition) is 0. The number of unbranched alkanes of at least 4 members (excludes halogenated alkanes) is 1. The van der Waals surface area contributed by atoms with E-state index in [1.54, 1.807) is 0 Å². The van der Waals surface area contributed by atoms with Gasteiger partial charge in [0.15, 0.2) is 0 Å². The molecule has 0 fully saturated rings. The van der Waals surface area contributed by atoms with Crippen molar-refractivity contribution in [3.63, 3.8) is 0 Å². The monoisotopic (exact) mass is 162 g/mol. The van der Waals surface area contributed by atoms with Crippen LogP contribution >= 0.6 is 0 Å². The predicted molar refractivity (Wildman–Crippen MR) is 47.7 cm³/mol. The molecule has 0 heterocycles. The Kier molecular flexibility index (Phi) is 5.99. The molecule has 62 valence electrons. The summed E-state index contributed by atoms with van der Waals surface area (Å²) in [4.78, 5) is 0. The molecule has 0 rings (SSSR count).